The molecule has 1 aromatic heterocycles. The first-order valence-electron chi connectivity index (χ1n) is 6.08. The summed E-state index contributed by atoms with van der Waals surface area (Å²) in [5, 5.41) is 8.09. The molecule has 18 heavy (non-hydrogen) atoms. The number of aromatic nitrogens is 3. The van der Waals surface area contributed by atoms with E-state index >= 15 is 0 Å². The molecule has 2 rings (SSSR count). The summed E-state index contributed by atoms with van der Waals surface area (Å²) in [5.74, 6) is 0. The van der Waals surface area contributed by atoms with E-state index in [1.54, 1.807) is 0 Å². The molecule has 0 saturated heterocycles. The number of hydrogen-bond donors (Lipinski definition) is 0. The first-order chi connectivity index (χ1) is 8.47. The molecule has 0 radical (unpaired) electrons. The Hall–Kier alpha value is -1.35. The number of aryl methyl sites for hydroxylation is 3. The molecule has 3 nitrogen and oxygen atoms in total. The smallest absolute Gasteiger partial charge is 0.100 e. The molecule has 0 saturated carbocycles. The van der Waals surface area contributed by atoms with Crippen molar-refractivity contribution in [1.82, 2.24) is 15.0 Å². The predicted molar refractivity (Wildman–Crippen MR) is 74.0 cm³/mol. The summed E-state index contributed by atoms with van der Waals surface area (Å²) in [4.78, 5) is 0. The Labute approximate surface area is 113 Å². The third-order valence-electron chi connectivity index (χ3n) is 3.12. The Morgan fingerprint density at radius 1 is 1.22 bits per heavy atom. The molecule has 1 aromatic carbocycles. The van der Waals surface area contributed by atoms with E-state index in [0.29, 0.717) is 0 Å². The molecule has 0 bridgehead atoms. The van der Waals surface area contributed by atoms with Crippen molar-refractivity contribution in [3.05, 3.63) is 46.3 Å². The van der Waals surface area contributed by atoms with Crippen LogP contribution in [0, 0.1) is 20.8 Å². The van der Waals surface area contributed by atoms with E-state index in [9.17, 15) is 0 Å². The maximum Gasteiger partial charge on any atom is 0.100 e. The molecule has 0 aliphatic carbocycles. The van der Waals surface area contributed by atoms with Crippen molar-refractivity contribution >= 4 is 11.6 Å². The Morgan fingerprint density at radius 3 is 2.33 bits per heavy atom. The summed E-state index contributed by atoms with van der Waals surface area (Å²) in [7, 11) is 0. The van der Waals surface area contributed by atoms with Gasteiger partial charge in [-0.15, -0.1) is 16.7 Å². The topological polar surface area (TPSA) is 30.7 Å². The number of halogens is 1. The van der Waals surface area contributed by atoms with Gasteiger partial charge in [-0.25, -0.2) is 4.68 Å². The minimum atomic E-state index is -0.0982. The normalized spacial score (nSPS) is 12.7. The summed E-state index contributed by atoms with van der Waals surface area (Å²) in [6.07, 6.45) is 1.91. The van der Waals surface area contributed by atoms with Crippen LogP contribution in [0.25, 0.3) is 0 Å². The van der Waals surface area contributed by atoms with E-state index in [4.69, 9.17) is 11.6 Å². The number of hydrogen-bond acceptors (Lipinski definition) is 2. The lowest BCUT2D eigenvalue weighted by molar-refractivity contribution is 0.644. The van der Waals surface area contributed by atoms with Gasteiger partial charge in [-0.1, -0.05) is 22.9 Å². The third-order valence-corrected chi connectivity index (χ3v) is 3.35. The predicted octanol–water partition coefficient (Wildman–Crippen LogP) is 3.55. The zero-order valence-electron chi connectivity index (χ0n) is 11.2. The van der Waals surface area contributed by atoms with Crippen LogP contribution in [-0.2, 0) is 6.54 Å². The minimum absolute atomic E-state index is 0.0982. The quantitative estimate of drug-likeness (QED) is 0.793. The van der Waals surface area contributed by atoms with Gasteiger partial charge in [-0.05, 0) is 44.4 Å². The fourth-order valence-electron chi connectivity index (χ4n) is 2.19. The summed E-state index contributed by atoms with van der Waals surface area (Å²) in [5.41, 5.74) is 6.01. The highest BCUT2D eigenvalue weighted by Gasteiger charge is 2.09. The second-order valence-corrected chi connectivity index (χ2v) is 5.49. The van der Waals surface area contributed by atoms with Crippen molar-refractivity contribution in [3.8, 4) is 0 Å². The zero-order valence-corrected chi connectivity index (χ0v) is 12.0. The average Bonchev–Trinajstić information content (AvgIpc) is 2.71. The molecule has 1 heterocycles. The van der Waals surface area contributed by atoms with Crippen molar-refractivity contribution in [1.29, 1.82) is 0 Å². The monoisotopic (exact) mass is 263 g/mol. The van der Waals surface area contributed by atoms with Gasteiger partial charge < -0.3 is 0 Å². The lowest BCUT2D eigenvalue weighted by atomic mass is 10.00. The van der Waals surface area contributed by atoms with Crippen LogP contribution < -0.4 is 0 Å². The average molecular weight is 264 g/mol. The highest BCUT2D eigenvalue weighted by atomic mass is 35.5. The van der Waals surface area contributed by atoms with Crippen molar-refractivity contribution in [2.75, 3.05) is 0 Å². The molecule has 1 atom stereocenters. The van der Waals surface area contributed by atoms with Crippen LogP contribution >= 0.6 is 11.6 Å². The van der Waals surface area contributed by atoms with Gasteiger partial charge in [-0.3, -0.25) is 0 Å². The van der Waals surface area contributed by atoms with Gasteiger partial charge >= 0.3 is 0 Å². The number of alkyl halides is 1. The van der Waals surface area contributed by atoms with Crippen LogP contribution in [0.5, 0.6) is 0 Å². The van der Waals surface area contributed by atoms with Gasteiger partial charge in [-0.2, -0.15) is 0 Å². The maximum atomic E-state index is 5.99. The van der Waals surface area contributed by atoms with Gasteiger partial charge in [0.15, 0.2) is 0 Å². The molecule has 0 amide bonds. The van der Waals surface area contributed by atoms with Crippen molar-refractivity contribution in [2.24, 2.45) is 0 Å². The second kappa shape index (κ2) is 5.11. The minimum Gasteiger partial charge on any atom is -0.248 e. The molecule has 96 valence electrons. The largest absolute Gasteiger partial charge is 0.248 e. The van der Waals surface area contributed by atoms with Crippen LogP contribution in [0.1, 0.15) is 40.2 Å². The van der Waals surface area contributed by atoms with Gasteiger partial charge in [0, 0.05) is 0 Å². The van der Waals surface area contributed by atoms with E-state index < -0.39 is 0 Å². The van der Waals surface area contributed by atoms with Gasteiger partial charge in [0.2, 0.25) is 0 Å². The Bertz CT molecular complexity index is 535. The molecule has 0 aliphatic heterocycles. The molecular weight excluding hydrogens is 246 g/mol. The Kier molecular flexibility index (Phi) is 3.71. The molecule has 2 aromatic rings. The molecule has 0 aliphatic rings. The van der Waals surface area contributed by atoms with E-state index in [-0.39, 0.29) is 5.38 Å². The van der Waals surface area contributed by atoms with Crippen LogP contribution in [0.4, 0.5) is 0 Å². The second-order valence-electron chi connectivity index (χ2n) is 4.83. The molecule has 0 N–H and O–H groups in total. The van der Waals surface area contributed by atoms with E-state index in [2.05, 4.69) is 43.2 Å². The first kappa shape index (κ1) is 13.1. The van der Waals surface area contributed by atoms with Crippen LogP contribution in [0.3, 0.4) is 0 Å². The zero-order chi connectivity index (χ0) is 13.3. The van der Waals surface area contributed by atoms with Crippen LogP contribution in [-0.4, -0.2) is 15.0 Å². The molecule has 1 unspecified atom stereocenters. The van der Waals surface area contributed by atoms with Crippen LogP contribution in [0.2, 0.25) is 0 Å². The summed E-state index contributed by atoms with van der Waals surface area (Å²) >= 11 is 5.99. The number of rotatable bonds is 3. The van der Waals surface area contributed by atoms with Crippen molar-refractivity contribution < 1.29 is 0 Å². The van der Waals surface area contributed by atoms with Gasteiger partial charge in [0.25, 0.3) is 0 Å². The summed E-state index contributed by atoms with van der Waals surface area (Å²) in [6.45, 7) is 9.04. The van der Waals surface area contributed by atoms with Crippen molar-refractivity contribution in [2.45, 2.75) is 39.6 Å². The fraction of sp³-hybridized carbons (Fsp3) is 0.429. The Balaban J connectivity index is 2.28. The number of nitrogens with zero attached hydrogens (tertiary/aromatic N) is 3. The summed E-state index contributed by atoms with van der Waals surface area (Å²) in [6, 6.07) is 4.40. The third kappa shape index (κ3) is 2.72. The first-order valence-corrected chi connectivity index (χ1v) is 6.52. The maximum absolute atomic E-state index is 5.99. The number of benzene rings is 1. The molecule has 4 heteroatoms. The summed E-state index contributed by atoms with van der Waals surface area (Å²) < 4.78 is 1.85. The van der Waals surface area contributed by atoms with Crippen LogP contribution in [0.15, 0.2) is 18.3 Å². The van der Waals surface area contributed by atoms with Gasteiger partial charge in [0.05, 0.1) is 18.1 Å². The molecular formula is C14H18ClN3. The Morgan fingerprint density at radius 2 is 1.83 bits per heavy atom. The molecule has 0 fully saturated rings. The van der Waals surface area contributed by atoms with E-state index in [0.717, 1.165) is 12.2 Å². The van der Waals surface area contributed by atoms with E-state index in [1.807, 2.05) is 17.8 Å². The fourth-order valence-corrected chi connectivity index (χ4v) is 2.29. The van der Waals surface area contributed by atoms with Gasteiger partial charge in [0.1, 0.15) is 5.69 Å². The van der Waals surface area contributed by atoms with Crippen molar-refractivity contribution in [3.63, 3.8) is 0 Å². The van der Waals surface area contributed by atoms with E-state index in [1.165, 1.54) is 22.3 Å². The standard InChI is InChI=1S/C14H18ClN3/c1-9-5-10(2)13(11(3)6-9)7-18-8-14(12(4)15)16-17-18/h5-6,8,12H,7H2,1-4H3. The molecule has 0 spiro atoms. The lowest BCUT2D eigenvalue weighted by Crippen LogP contribution is -2.04. The SMILES string of the molecule is Cc1cc(C)c(Cn2cc(C(C)Cl)nn2)c(C)c1. The highest BCUT2D eigenvalue weighted by molar-refractivity contribution is 6.20. The highest BCUT2D eigenvalue weighted by Crippen LogP contribution is 2.19. The lowest BCUT2D eigenvalue weighted by Gasteiger charge is -2.10.